The summed E-state index contributed by atoms with van der Waals surface area (Å²) >= 11 is 0. The molecule has 0 saturated carbocycles. The number of rotatable bonds is 11. The second-order valence-corrected chi connectivity index (χ2v) is 13.5. The summed E-state index contributed by atoms with van der Waals surface area (Å²) in [4.78, 5) is 26.1. The number of nitrogens with zero attached hydrogens (tertiary/aromatic N) is 4. The molecule has 1 aromatic heterocycles. The van der Waals surface area contributed by atoms with Gasteiger partial charge in [0.05, 0.1) is 29.0 Å². The Balaban J connectivity index is 0.928. The van der Waals surface area contributed by atoms with Gasteiger partial charge in [0, 0.05) is 31.6 Å². The normalized spacial score (nSPS) is 18.5. The van der Waals surface area contributed by atoms with Crippen LogP contribution in [0, 0.1) is 11.8 Å². The minimum atomic E-state index is 0.154. The van der Waals surface area contributed by atoms with E-state index in [0.29, 0.717) is 12.5 Å². The Morgan fingerprint density at radius 2 is 1.24 bits per heavy atom. The minimum Gasteiger partial charge on any atom is -0.384 e. The van der Waals surface area contributed by atoms with Crippen molar-refractivity contribution in [3.8, 4) is 0 Å². The molecule has 0 unspecified atom stereocenters. The first kappa shape index (κ1) is 29.9. The van der Waals surface area contributed by atoms with Gasteiger partial charge in [-0.1, -0.05) is 78.9 Å². The highest BCUT2D eigenvalue weighted by Gasteiger charge is 2.33. The zero-order chi connectivity index (χ0) is 30.4. The van der Waals surface area contributed by atoms with E-state index in [4.69, 9.17) is 4.98 Å². The Labute approximate surface area is 268 Å². The molecule has 2 fully saturated rings. The predicted octanol–water partition coefficient (Wildman–Crippen LogP) is 7.21. The van der Waals surface area contributed by atoms with Crippen LogP contribution in [-0.2, 0) is 19.6 Å². The number of benzene rings is 3. The quantitative estimate of drug-likeness (QED) is 0.197. The van der Waals surface area contributed by atoms with Gasteiger partial charge >= 0.3 is 0 Å². The van der Waals surface area contributed by atoms with Crippen LogP contribution >= 0.6 is 0 Å². The topological polar surface area (TPSA) is 51.7 Å². The zero-order valence-corrected chi connectivity index (χ0v) is 26.5. The van der Waals surface area contributed by atoms with Gasteiger partial charge in [-0.25, -0.2) is 4.98 Å². The van der Waals surface area contributed by atoms with Crippen LogP contribution in [0.1, 0.15) is 65.7 Å². The maximum atomic E-state index is 13.9. The highest BCUT2D eigenvalue weighted by Crippen LogP contribution is 2.35. The van der Waals surface area contributed by atoms with Crippen molar-refractivity contribution in [2.75, 3.05) is 44.6 Å². The van der Waals surface area contributed by atoms with Crippen molar-refractivity contribution >= 4 is 22.5 Å². The van der Waals surface area contributed by atoms with Crippen molar-refractivity contribution in [1.82, 2.24) is 19.7 Å². The van der Waals surface area contributed by atoms with Crippen LogP contribution in [0.2, 0.25) is 0 Å². The van der Waals surface area contributed by atoms with Crippen LogP contribution in [0.4, 0.5) is 5.69 Å². The molecule has 6 nitrogen and oxygen atoms in total. The summed E-state index contributed by atoms with van der Waals surface area (Å²) in [6, 6.07) is 29.9. The van der Waals surface area contributed by atoms with E-state index in [-0.39, 0.29) is 5.91 Å². The summed E-state index contributed by atoms with van der Waals surface area (Å²) in [5.74, 6) is 1.55. The van der Waals surface area contributed by atoms with Crippen molar-refractivity contribution in [3.63, 3.8) is 0 Å². The first-order chi connectivity index (χ1) is 22.2. The van der Waals surface area contributed by atoms with Crippen LogP contribution in [-0.4, -0.2) is 64.9 Å². The molecule has 0 spiro atoms. The Morgan fingerprint density at radius 3 is 1.87 bits per heavy atom. The summed E-state index contributed by atoms with van der Waals surface area (Å²) in [5.41, 5.74) is 6.52. The van der Waals surface area contributed by atoms with Crippen molar-refractivity contribution in [2.45, 2.75) is 58.2 Å². The average Bonchev–Trinajstić information content (AvgIpc) is 3.40. The number of hydrogen-bond donors (Lipinski definition) is 1. The number of nitrogens with one attached hydrogen (secondary N) is 1. The SMILES string of the molecule is O=C1c2c(nc3ccccc3c2NCCC2CCN(Cc3ccccc3)CC2)CN1CCC1CCN(Cc2ccccc2)CC1. The molecule has 0 radical (unpaired) electrons. The van der Waals surface area contributed by atoms with Crippen molar-refractivity contribution in [3.05, 3.63) is 107 Å². The first-order valence-electron chi connectivity index (χ1n) is 17.2. The van der Waals surface area contributed by atoms with Gasteiger partial charge in [0.15, 0.2) is 0 Å². The second-order valence-electron chi connectivity index (χ2n) is 13.5. The smallest absolute Gasteiger partial charge is 0.258 e. The van der Waals surface area contributed by atoms with Crippen LogP contribution in [0.25, 0.3) is 10.9 Å². The number of fused-ring (bicyclic) bond motifs is 2. The Bertz CT molecular complexity index is 1560. The van der Waals surface area contributed by atoms with Gasteiger partial charge in [-0.3, -0.25) is 14.6 Å². The molecule has 4 aromatic rings. The largest absolute Gasteiger partial charge is 0.384 e. The number of carbonyl (C=O) groups is 1. The predicted molar refractivity (Wildman–Crippen MR) is 183 cm³/mol. The van der Waals surface area contributed by atoms with E-state index in [1.807, 2.05) is 6.07 Å². The van der Waals surface area contributed by atoms with E-state index < -0.39 is 0 Å². The zero-order valence-electron chi connectivity index (χ0n) is 26.5. The van der Waals surface area contributed by atoms with Crippen LogP contribution in [0.15, 0.2) is 84.9 Å². The molecular formula is C39H47N5O. The standard InChI is InChI=1S/C39H47N5O/c45-39-37-36(29-44(39)26-20-31-18-24-43(25-19-31)28-33-11-5-2-6-12-33)41-35-14-8-7-13-34(35)38(37)40-21-15-30-16-22-42(23-17-30)27-32-9-3-1-4-10-32/h1-14,30-31H,15-29H2,(H,40,41). The van der Waals surface area contributed by atoms with Crippen LogP contribution < -0.4 is 5.32 Å². The summed E-state index contributed by atoms with van der Waals surface area (Å²) in [7, 11) is 0. The van der Waals surface area contributed by atoms with E-state index in [0.717, 1.165) is 99.0 Å². The van der Waals surface area contributed by atoms with E-state index in [2.05, 4.69) is 98.9 Å². The molecule has 4 heterocycles. The van der Waals surface area contributed by atoms with Crippen molar-refractivity contribution in [1.29, 1.82) is 0 Å². The lowest BCUT2D eigenvalue weighted by atomic mass is 9.93. The molecule has 0 bridgehead atoms. The third-order valence-corrected chi connectivity index (χ3v) is 10.4. The number of likely N-dealkylation sites (tertiary alicyclic amines) is 2. The van der Waals surface area contributed by atoms with Crippen LogP contribution in [0.5, 0.6) is 0 Å². The van der Waals surface area contributed by atoms with Crippen molar-refractivity contribution in [2.24, 2.45) is 11.8 Å². The summed E-state index contributed by atoms with van der Waals surface area (Å²) in [5, 5.41) is 4.83. The average molecular weight is 602 g/mol. The van der Waals surface area contributed by atoms with Gasteiger partial charge < -0.3 is 10.2 Å². The van der Waals surface area contributed by atoms with Gasteiger partial charge in [0.2, 0.25) is 0 Å². The maximum Gasteiger partial charge on any atom is 0.258 e. The lowest BCUT2D eigenvalue weighted by molar-refractivity contribution is 0.0757. The summed E-state index contributed by atoms with van der Waals surface area (Å²) in [6.07, 6.45) is 7.10. The molecule has 1 amide bonds. The molecule has 234 valence electrons. The van der Waals surface area contributed by atoms with Gasteiger partial charge in [-0.05, 0) is 93.7 Å². The number of hydrogen-bond acceptors (Lipinski definition) is 5. The molecule has 3 aliphatic rings. The van der Waals surface area contributed by atoms with Gasteiger partial charge in [0.1, 0.15) is 0 Å². The number of pyridine rings is 1. The Morgan fingerprint density at radius 1 is 0.689 bits per heavy atom. The van der Waals surface area contributed by atoms with Crippen LogP contribution in [0.3, 0.4) is 0 Å². The molecule has 1 N–H and O–H groups in total. The fraction of sp³-hybridized carbons (Fsp3) is 0.436. The molecule has 3 aromatic carbocycles. The molecule has 0 atom stereocenters. The lowest BCUT2D eigenvalue weighted by Gasteiger charge is -2.32. The molecule has 0 aliphatic carbocycles. The third kappa shape index (κ3) is 7.23. The third-order valence-electron chi connectivity index (χ3n) is 10.4. The van der Waals surface area contributed by atoms with E-state index >= 15 is 0 Å². The Kier molecular flexibility index (Phi) is 9.40. The molecular weight excluding hydrogens is 554 g/mol. The lowest BCUT2D eigenvalue weighted by Crippen LogP contribution is -2.35. The number of para-hydroxylation sites is 1. The minimum absolute atomic E-state index is 0.154. The molecule has 45 heavy (non-hydrogen) atoms. The van der Waals surface area contributed by atoms with Gasteiger partial charge in [-0.2, -0.15) is 0 Å². The first-order valence-corrected chi connectivity index (χ1v) is 17.2. The maximum absolute atomic E-state index is 13.9. The molecule has 7 rings (SSSR count). The van der Waals surface area contributed by atoms with E-state index in [1.165, 1.54) is 36.8 Å². The van der Waals surface area contributed by atoms with E-state index in [9.17, 15) is 4.79 Å². The highest BCUT2D eigenvalue weighted by molar-refractivity contribution is 6.09. The Hall–Kier alpha value is -3.74. The monoisotopic (exact) mass is 601 g/mol. The van der Waals surface area contributed by atoms with E-state index in [1.54, 1.807) is 0 Å². The van der Waals surface area contributed by atoms with Gasteiger partial charge in [0.25, 0.3) is 5.91 Å². The van der Waals surface area contributed by atoms with Crippen molar-refractivity contribution < 1.29 is 4.79 Å². The summed E-state index contributed by atoms with van der Waals surface area (Å²) < 4.78 is 0. The highest BCUT2D eigenvalue weighted by atomic mass is 16.2. The molecule has 2 saturated heterocycles. The number of carbonyl (C=O) groups excluding carboxylic acids is 1. The number of piperidine rings is 2. The molecule has 3 aliphatic heterocycles. The molecule has 6 heteroatoms. The second kappa shape index (κ2) is 14.1. The number of anilines is 1. The number of amides is 1. The summed E-state index contributed by atoms with van der Waals surface area (Å²) in [6.45, 7) is 9.01. The fourth-order valence-electron chi connectivity index (χ4n) is 7.67. The van der Waals surface area contributed by atoms with Gasteiger partial charge in [-0.15, -0.1) is 0 Å². The number of aromatic nitrogens is 1. The fourth-order valence-corrected chi connectivity index (χ4v) is 7.67.